The van der Waals surface area contributed by atoms with Crippen molar-refractivity contribution in [3.8, 4) is 17.9 Å². The zero-order valence-electron chi connectivity index (χ0n) is 13.9. The van der Waals surface area contributed by atoms with Gasteiger partial charge in [0, 0.05) is 10.8 Å². The van der Waals surface area contributed by atoms with Crippen LogP contribution in [-0.2, 0) is 0 Å². The van der Waals surface area contributed by atoms with Crippen LogP contribution in [0.5, 0.6) is 5.75 Å². The molecule has 4 rings (SSSR count). The van der Waals surface area contributed by atoms with Crippen molar-refractivity contribution in [1.29, 1.82) is 15.9 Å². The highest BCUT2D eigenvalue weighted by atomic mass is 32.2. The fourth-order valence-corrected chi connectivity index (χ4v) is 4.61. The van der Waals surface area contributed by atoms with Crippen molar-refractivity contribution in [2.75, 3.05) is 12.0 Å². The van der Waals surface area contributed by atoms with Crippen LogP contribution in [0.15, 0.2) is 64.0 Å². The number of para-hydroxylation sites is 1. The Hall–Kier alpha value is -3.22. The SMILES string of the molecule is COc1ccc(C2C(C#N)=C3Sc4ccccc4N3C(=N)C2C#N)cc1. The highest BCUT2D eigenvalue weighted by Crippen LogP contribution is 2.53. The first-order chi connectivity index (χ1) is 12.7. The molecule has 0 amide bonds. The second-order valence-electron chi connectivity index (χ2n) is 5.98. The maximum absolute atomic E-state index is 9.90. The summed E-state index contributed by atoms with van der Waals surface area (Å²) in [5.74, 6) is -0.270. The smallest absolute Gasteiger partial charge is 0.124 e. The van der Waals surface area contributed by atoms with Crippen molar-refractivity contribution < 1.29 is 4.74 Å². The van der Waals surface area contributed by atoms with Gasteiger partial charge in [0.2, 0.25) is 0 Å². The van der Waals surface area contributed by atoms with E-state index in [9.17, 15) is 10.5 Å². The fourth-order valence-electron chi connectivity index (χ4n) is 3.42. The van der Waals surface area contributed by atoms with Crippen molar-refractivity contribution in [3.05, 3.63) is 64.7 Å². The largest absolute Gasteiger partial charge is 0.497 e. The molecule has 2 aliphatic rings. The molecule has 2 aliphatic heterocycles. The molecule has 5 nitrogen and oxygen atoms in total. The minimum absolute atomic E-state index is 0.208. The van der Waals surface area contributed by atoms with Gasteiger partial charge >= 0.3 is 0 Å². The van der Waals surface area contributed by atoms with Crippen LogP contribution in [0.3, 0.4) is 0 Å². The number of anilines is 1. The summed E-state index contributed by atoms with van der Waals surface area (Å²) in [6, 6.07) is 19.6. The molecule has 6 heteroatoms. The minimum Gasteiger partial charge on any atom is -0.497 e. The van der Waals surface area contributed by atoms with Gasteiger partial charge in [0.25, 0.3) is 0 Å². The number of rotatable bonds is 2. The topological polar surface area (TPSA) is 83.9 Å². The summed E-state index contributed by atoms with van der Waals surface area (Å²) in [5, 5.41) is 29.1. The van der Waals surface area contributed by atoms with Gasteiger partial charge in [0.1, 0.15) is 22.5 Å². The van der Waals surface area contributed by atoms with Crippen LogP contribution in [0.4, 0.5) is 5.69 Å². The van der Waals surface area contributed by atoms with Gasteiger partial charge in [-0.15, -0.1) is 0 Å². The normalized spacial score (nSPS) is 20.9. The summed E-state index contributed by atoms with van der Waals surface area (Å²) in [7, 11) is 1.59. The molecule has 1 N–H and O–H groups in total. The number of thioether (sulfide) groups is 1. The highest BCUT2D eigenvalue weighted by molar-refractivity contribution is 8.03. The van der Waals surface area contributed by atoms with E-state index in [0.29, 0.717) is 11.3 Å². The molecule has 0 radical (unpaired) electrons. The van der Waals surface area contributed by atoms with Gasteiger partial charge in [0.05, 0.1) is 30.5 Å². The fraction of sp³-hybridized carbons (Fsp3) is 0.150. The first-order valence-electron chi connectivity index (χ1n) is 8.03. The van der Waals surface area contributed by atoms with Gasteiger partial charge in [-0.2, -0.15) is 10.5 Å². The number of benzene rings is 2. The summed E-state index contributed by atoms with van der Waals surface area (Å²) < 4.78 is 5.20. The molecule has 2 aromatic rings. The number of methoxy groups -OCH3 is 1. The molecule has 0 saturated heterocycles. The number of fused-ring (bicyclic) bond motifs is 3. The lowest BCUT2D eigenvalue weighted by atomic mass is 9.78. The van der Waals surface area contributed by atoms with Crippen LogP contribution in [0.2, 0.25) is 0 Å². The lowest BCUT2D eigenvalue weighted by molar-refractivity contribution is 0.414. The second-order valence-corrected chi connectivity index (χ2v) is 7.01. The first-order valence-corrected chi connectivity index (χ1v) is 8.84. The van der Waals surface area contributed by atoms with E-state index in [-0.39, 0.29) is 5.84 Å². The predicted molar refractivity (Wildman–Crippen MR) is 100.0 cm³/mol. The summed E-state index contributed by atoms with van der Waals surface area (Å²) in [6.07, 6.45) is 0. The zero-order valence-corrected chi connectivity index (χ0v) is 14.7. The van der Waals surface area contributed by atoms with E-state index in [1.807, 2.05) is 48.5 Å². The van der Waals surface area contributed by atoms with Crippen molar-refractivity contribution in [2.24, 2.45) is 5.92 Å². The lowest BCUT2D eigenvalue weighted by Gasteiger charge is -2.35. The number of allylic oxidation sites excluding steroid dienone is 1. The van der Waals surface area contributed by atoms with Gasteiger partial charge < -0.3 is 4.74 Å². The van der Waals surface area contributed by atoms with Crippen LogP contribution in [0, 0.1) is 34.0 Å². The van der Waals surface area contributed by atoms with Crippen molar-refractivity contribution in [3.63, 3.8) is 0 Å². The van der Waals surface area contributed by atoms with Crippen LogP contribution in [0.25, 0.3) is 0 Å². The van der Waals surface area contributed by atoms with E-state index in [1.165, 1.54) is 11.8 Å². The molecule has 26 heavy (non-hydrogen) atoms. The molecule has 126 valence electrons. The average Bonchev–Trinajstić information content (AvgIpc) is 3.07. The molecule has 0 saturated carbocycles. The molecule has 0 aromatic heterocycles. The van der Waals surface area contributed by atoms with Gasteiger partial charge in [-0.1, -0.05) is 36.0 Å². The van der Waals surface area contributed by atoms with Gasteiger partial charge in [-0.3, -0.25) is 10.3 Å². The van der Waals surface area contributed by atoms with E-state index in [2.05, 4.69) is 12.1 Å². The molecule has 2 heterocycles. The Bertz CT molecular complexity index is 1010. The van der Waals surface area contributed by atoms with Crippen molar-refractivity contribution >= 4 is 23.3 Å². The number of nitriles is 2. The molecular formula is C20H14N4OS. The number of nitrogens with one attached hydrogen (secondary N) is 1. The molecule has 0 fully saturated rings. The Morgan fingerprint density at radius 3 is 2.50 bits per heavy atom. The van der Waals surface area contributed by atoms with Crippen LogP contribution in [0.1, 0.15) is 11.5 Å². The molecule has 0 aliphatic carbocycles. The van der Waals surface area contributed by atoms with Gasteiger partial charge in [-0.25, -0.2) is 0 Å². The lowest BCUT2D eigenvalue weighted by Crippen LogP contribution is -2.40. The Morgan fingerprint density at radius 1 is 1.12 bits per heavy atom. The van der Waals surface area contributed by atoms with Gasteiger partial charge in [-0.05, 0) is 29.8 Å². The Balaban J connectivity index is 1.90. The number of hydrogen-bond acceptors (Lipinski definition) is 5. The number of ether oxygens (including phenoxy) is 1. The van der Waals surface area contributed by atoms with Crippen LogP contribution >= 0.6 is 11.8 Å². The maximum Gasteiger partial charge on any atom is 0.124 e. The van der Waals surface area contributed by atoms with E-state index in [0.717, 1.165) is 21.2 Å². The van der Waals surface area contributed by atoms with Gasteiger partial charge in [0.15, 0.2) is 0 Å². The predicted octanol–water partition coefficient (Wildman–Crippen LogP) is 4.26. The summed E-state index contributed by atoms with van der Waals surface area (Å²) >= 11 is 1.48. The Kier molecular flexibility index (Phi) is 3.91. The van der Waals surface area contributed by atoms with Crippen molar-refractivity contribution in [2.45, 2.75) is 10.8 Å². The van der Waals surface area contributed by atoms with Crippen LogP contribution in [-0.4, -0.2) is 12.9 Å². The number of hydrogen-bond donors (Lipinski definition) is 1. The average molecular weight is 358 g/mol. The monoisotopic (exact) mass is 358 g/mol. The third-order valence-electron chi connectivity index (χ3n) is 4.66. The molecule has 2 aromatic carbocycles. The molecular weight excluding hydrogens is 344 g/mol. The first kappa shape index (κ1) is 16.3. The van der Waals surface area contributed by atoms with E-state index in [4.69, 9.17) is 10.1 Å². The third-order valence-corrected chi connectivity index (χ3v) is 5.82. The summed E-state index contributed by atoms with van der Waals surface area (Å²) in [6.45, 7) is 0. The maximum atomic E-state index is 9.90. The third kappa shape index (κ3) is 2.28. The Labute approximate surface area is 155 Å². The number of nitrogens with zero attached hydrogens (tertiary/aromatic N) is 3. The minimum atomic E-state index is -0.728. The number of amidine groups is 1. The molecule has 2 atom stereocenters. The standard InChI is InChI=1S/C20H14N4OS/c1-25-13-8-6-12(7-9-13)18-14(10-21)19(23)24-16-4-2-3-5-17(16)26-20(24)15(18)11-22/h2-9,14,18,23H,1H3. The summed E-state index contributed by atoms with van der Waals surface area (Å²) in [4.78, 5) is 2.74. The zero-order chi connectivity index (χ0) is 18.3. The quantitative estimate of drug-likeness (QED) is 0.867. The summed E-state index contributed by atoms with van der Waals surface area (Å²) in [5.41, 5.74) is 2.22. The second kappa shape index (κ2) is 6.25. The molecule has 2 unspecified atom stereocenters. The van der Waals surface area contributed by atoms with Crippen molar-refractivity contribution in [1.82, 2.24) is 0 Å². The van der Waals surface area contributed by atoms with E-state index in [1.54, 1.807) is 12.0 Å². The molecule has 0 bridgehead atoms. The highest BCUT2D eigenvalue weighted by Gasteiger charge is 2.45. The van der Waals surface area contributed by atoms with E-state index >= 15 is 0 Å². The van der Waals surface area contributed by atoms with Crippen LogP contribution < -0.4 is 9.64 Å². The van der Waals surface area contributed by atoms with E-state index < -0.39 is 11.8 Å². The Morgan fingerprint density at radius 2 is 1.85 bits per heavy atom. The molecule has 0 spiro atoms.